The summed E-state index contributed by atoms with van der Waals surface area (Å²) in [5.41, 5.74) is 1.10. The first-order valence-corrected chi connectivity index (χ1v) is 20.0. The van der Waals surface area contributed by atoms with Gasteiger partial charge in [-0.3, -0.25) is 4.90 Å². The van der Waals surface area contributed by atoms with Gasteiger partial charge in [0.25, 0.3) is 14.2 Å². The molecule has 0 bridgehead atoms. The summed E-state index contributed by atoms with van der Waals surface area (Å²) in [4.78, 5) is 2.30. The molecule has 2 aliphatic rings. The van der Waals surface area contributed by atoms with E-state index in [0.717, 1.165) is 26.0 Å². The Morgan fingerprint density at radius 1 is 0.880 bits per heavy atom. The van der Waals surface area contributed by atoms with Crippen molar-refractivity contribution in [1.82, 2.24) is 10.2 Å². The molecule has 2 aliphatic heterocycles. The maximum atomic E-state index is 16.7. The quantitative estimate of drug-likeness (QED) is 0.113. The molecule has 3 heterocycles. The zero-order valence-electron chi connectivity index (χ0n) is 28.8. The molecule has 2 N–H and O–H groups in total. The van der Waals surface area contributed by atoms with E-state index in [1.165, 1.54) is 23.5 Å². The molecule has 4 aromatic carbocycles. The summed E-state index contributed by atoms with van der Waals surface area (Å²) in [6.45, 7) is 7.87. The molecule has 0 radical (unpaired) electrons. The lowest BCUT2D eigenvalue weighted by molar-refractivity contribution is -0.0819. The highest BCUT2D eigenvalue weighted by molar-refractivity contribution is 7.19. The van der Waals surface area contributed by atoms with Crippen molar-refractivity contribution >= 4 is 45.8 Å². The molecule has 2 atom stereocenters. The molecule has 1 saturated heterocycles. The number of hydrogen-bond acceptors (Lipinski definition) is 5. The van der Waals surface area contributed by atoms with Crippen molar-refractivity contribution in [1.29, 1.82) is 0 Å². The number of fused-ring (bicyclic) bond motifs is 3. The standard InChI is InChI=1S/C40H43F4N3OSSi/c1-26-19-32-31-17-11-12-18-35(31)49-38(32)37(36-33(41)20-27(21-34(36)42)46-28-22-45-23-28)47(26)24-40(43,44)25-48-50(39(2,3)4,29-13-7-5-8-14-29)30-15-9-6-10-16-30/h5-18,20-21,26,28,37,45-46H,19,22-25H2,1-4H3/t26-,37-/m1/s1. The topological polar surface area (TPSA) is 36.5 Å². The Morgan fingerprint density at radius 3 is 2.02 bits per heavy atom. The second kappa shape index (κ2) is 13.5. The second-order valence-electron chi connectivity index (χ2n) is 14.7. The number of nitrogens with zero attached hydrogens (tertiary/aromatic N) is 1. The Bertz CT molecular complexity index is 1900. The van der Waals surface area contributed by atoms with E-state index in [4.69, 9.17) is 4.43 Å². The van der Waals surface area contributed by atoms with Crippen LogP contribution in [0.3, 0.4) is 0 Å². The van der Waals surface area contributed by atoms with Gasteiger partial charge in [0.2, 0.25) is 0 Å². The summed E-state index contributed by atoms with van der Waals surface area (Å²) in [7, 11) is -3.27. The fraction of sp³-hybridized carbons (Fsp3) is 0.350. The third kappa shape index (κ3) is 6.41. The number of benzene rings is 4. The molecule has 0 spiro atoms. The minimum atomic E-state index is -3.35. The highest BCUT2D eigenvalue weighted by Crippen LogP contribution is 2.48. The zero-order chi connectivity index (χ0) is 35.3. The van der Waals surface area contributed by atoms with E-state index in [0.29, 0.717) is 30.1 Å². The Kier molecular flexibility index (Phi) is 9.45. The SMILES string of the molecule is C[C@@H]1Cc2c(sc3ccccc23)[C@@H](c2c(F)cc(NC3CNC3)cc2F)N1CC(F)(F)CO[Si](c1ccccc1)(c1ccccc1)C(C)(C)C. The average Bonchev–Trinajstić information content (AvgIpc) is 3.42. The van der Waals surface area contributed by atoms with Crippen LogP contribution in [0, 0.1) is 11.6 Å². The van der Waals surface area contributed by atoms with Crippen LogP contribution in [-0.2, 0) is 10.8 Å². The number of rotatable bonds is 10. The fourth-order valence-electron chi connectivity index (χ4n) is 7.75. The predicted octanol–water partition coefficient (Wildman–Crippen LogP) is 8.11. The van der Waals surface area contributed by atoms with Crippen LogP contribution >= 0.6 is 11.3 Å². The monoisotopic (exact) mass is 717 g/mol. The number of nitrogens with one attached hydrogen (secondary N) is 2. The summed E-state index contributed by atoms with van der Waals surface area (Å²) in [6, 6.07) is 28.4. The fourth-order valence-corrected chi connectivity index (χ4v) is 13.7. The van der Waals surface area contributed by atoms with Gasteiger partial charge in [-0.25, -0.2) is 17.6 Å². The van der Waals surface area contributed by atoms with E-state index >= 15 is 17.6 Å². The minimum absolute atomic E-state index is 0.0780. The zero-order valence-corrected chi connectivity index (χ0v) is 30.6. The van der Waals surface area contributed by atoms with Crippen LogP contribution in [0.5, 0.6) is 0 Å². The van der Waals surface area contributed by atoms with Gasteiger partial charge in [-0.05, 0) is 57.9 Å². The van der Waals surface area contributed by atoms with Gasteiger partial charge in [0.1, 0.15) is 11.6 Å². The highest BCUT2D eigenvalue weighted by Gasteiger charge is 2.52. The molecular weight excluding hydrogens is 675 g/mol. The smallest absolute Gasteiger partial charge is 0.282 e. The molecule has 7 rings (SSSR count). The number of alkyl halides is 2. The third-order valence-electron chi connectivity index (χ3n) is 10.2. The lowest BCUT2D eigenvalue weighted by Gasteiger charge is -2.45. The summed E-state index contributed by atoms with van der Waals surface area (Å²) >= 11 is 1.43. The Morgan fingerprint density at radius 2 is 1.46 bits per heavy atom. The van der Waals surface area contributed by atoms with Gasteiger partial charge in [-0.1, -0.05) is 99.6 Å². The Hall–Kier alpha value is -3.54. The first-order valence-electron chi connectivity index (χ1n) is 17.2. The van der Waals surface area contributed by atoms with Gasteiger partial charge in [-0.2, -0.15) is 0 Å². The van der Waals surface area contributed by atoms with E-state index in [-0.39, 0.29) is 11.6 Å². The molecule has 5 aromatic rings. The van der Waals surface area contributed by atoms with Crippen molar-refractivity contribution in [2.45, 2.75) is 63.2 Å². The average molecular weight is 718 g/mol. The molecular formula is C40H43F4N3OSSi. The lowest BCUT2D eigenvalue weighted by atomic mass is 9.88. The van der Waals surface area contributed by atoms with Gasteiger partial charge in [0.15, 0.2) is 0 Å². The van der Waals surface area contributed by atoms with E-state index in [1.807, 2.05) is 91.9 Å². The van der Waals surface area contributed by atoms with E-state index in [2.05, 4.69) is 31.4 Å². The van der Waals surface area contributed by atoms with Gasteiger partial charge in [-0.15, -0.1) is 11.3 Å². The molecule has 1 fully saturated rings. The second-order valence-corrected chi connectivity index (χ2v) is 20.1. The van der Waals surface area contributed by atoms with Gasteiger partial charge in [0.05, 0.1) is 25.2 Å². The minimum Gasteiger partial charge on any atom is -0.401 e. The molecule has 1 aromatic heterocycles. The third-order valence-corrected chi connectivity index (χ3v) is 16.5. The van der Waals surface area contributed by atoms with Crippen LogP contribution in [0.25, 0.3) is 10.1 Å². The summed E-state index contributed by atoms with van der Waals surface area (Å²) in [6.07, 6.45) is 0.485. The molecule has 0 aliphatic carbocycles. The number of thiophene rings is 1. The molecule has 0 unspecified atom stereocenters. The summed E-state index contributed by atoms with van der Waals surface area (Å²) in [5, 5.41) is 8.64. The first kappa shape index (κ1) is 34.9. The maximum absolute atomic E-state index is 16.7. The van der Waals surface area contributed by atoms with Crippen LogP contribution in [0.2, 0.25) is 5.04 Å². The van der Waals surface area contributed by atoms with Gasteiger partial charge in [0, 0.05) is 40.0 Å². The van der Waals surface area contributed by atoms with Crippen LogP contribution in [-0.4, -0.2) is 57.5 Å². The van der Waals surface area contributed by atoms with Crippen molar-refractivity contribution in [3.05, 3.63) is 125 Å². The summed E-state index contributed by atoms with van der Waals surface area (Å²) < 4.78 is 73.5. The highest BCUT2D eigenvalue weighted by atomic mass is 32.1. The number of hydrogen-bond donors (Lipinski definition) is 2. The van der Waals surface area contributed by atoms with Crippen LogP contribution in [0.15, 0.2) is 97.1 Å². The van der Waals surface area contributed by atoms with Gasteiger partial charge < -0.3 is 15.1 Å². The number of halogens is 4. The van der Waals surface area contributed by atoms with Crippen LogP contribution in [0.4, 0.5) is 23.2 Å². The maximum Gasteiger partial charge on any atom is 0.282 e. The van der Waals surface area contributed by atoms with Crippen molar-refractivity contribution in [2.24, 2.45) is 0 Å². The van der Waals surface area contributed by atoms with Crippen molar-refractivity contribution in [3.8, 4) is 0 Å². The normalized spacial score (nSPS) is 19.0. The van der Waals surface area contributed by atoms with Crippen molar-refractivity contribution in [3.63, 3.8) is 0 Å². The van der Waals surface area contributed by atoms with E-state index < -0.39 is 56.1 Å². The molecule has 0 amide bonds. The Labute approximate surface area is 296 Å². The molecule has 4 nitrogen and oxygen atoms in total. The van der Waals surface area contributed by atoms with E-state index in [9.17, 15) is 0 Å². The Balaban J connectivity index is 1.27. The first-order chi connectivity index (χ1) is 23.9. The number of anilines is 1. The molecule has 10 heteroatoms. The van der Waals surface area contributed by atoms with Gasteiger partial charge >= 0.3 is 0 Å². The lowest BCUT2D eigenvalue weighted by Crippen LogP contribution is -2.67. The van der Waals surface area contributed by atoms with Crippen molar-refractivity contribution in [2.75, 3.05) is 31.6 Å². The molecule has 0 saturated carbocycles. The van der Waals surface area contributed by atoms with E-state index in [1.54, 1.807) is 4.90 Å². The molecule has 262 valence electrons. The van der Waals surface area contributed by atoms with Crippen molar-refractivity contribution < 1.29 is 22.0 Å². The molecule has 50 heavy (non-hydrogen) atoms. The largest absolute Gasteiger partial charge is 0.401 e. The van der Waals surface area contributed by atoms with Crippen LogP contribution < -0.4 is 21.0 Å². The van der Waals surface area contributed by atoms with Crippen LogP contribution in [0.1, 0.15) is 49.7 Å². The summed E-state index contributed by atoms with van der Waals surface area (Å²) in [5.74, 6) is -4.85. The predicted molar refractivity (Wildman–Crippen MR) is 199 cm³/mol.